The molecule has 0 fully saturated rings. The SMILES string of the molecule is CCCCNS(=O)(=O)C(F)(F)C(F)(F)C(F)(F)C(F)(F)F. The summed E-state index contributed by atoms with van der Waals surface area (Å²) >= 11 is 0. The van der Waals surface area contributed by atoms with Gasteiger partial charge in [0.05, 0.1) is 0 Å². The number of halogens is 9. The van der Waals surface area contributed by atoms with Gasteiger partial charge in [0, 0.05) is 6.54 Å². The molecule has 0 amide bonds. The maximum atomic E-state index is 13.1. The lowest BCUT2D eigenvalue weighted by Gasteiger charge is -2.33. The van der Waals surface area contributed by atoms with Crippen LogP contribution in [-0.4, -0.2) is 38.2 Å². The van der Waals surface area contributed by atoms with Crippen LogP contribution in [0.2, 0.25) is 0 Å². The molecule has 0 spiro atoms. The van der Waals surface area contributed by atoms with Crippen molar-refractivity contribution in [1.29, 1.82) is 0 Å². The van der Waals surface area contributed by atoms with E-state index in [1.807, 2.05) is 0 Å². The second kappa shape index (κ2) is 5.82. The summed E-state index contributed by atoms with van der Waals surface area (Å²) < 4.78 is 135. The van der Waals surface area contributed by atoms with E-state index in [-0.39, 0.29) is 12.8 Å². The molecule has 13 heteroatoms. The Bertz CT molecular complexity index is 457. The number of alkyl halides is 9. The van der Waals surface area contributed by atoms with Gasteiger partial charge in [-0.2, -0.15) is 39.5 Å². The van der Waals surface area contributed by atoms with E-state index < -0.39 is 39.8 Å². The minimum atomic E-state index is -7.23. The lowest BCUT2D eigenvalue weighted by molar-refractivity contribution is -0.382. The fourth-order valence-electron chi connectivity index (χ4n) is 1.00. The molecule has 0 unspecified atom stereocenters. The highest BCUT2D eigenvalue weighted by molar-refractivity contribution is 7.90. The van der Waals surface area contributed by atoms with Gasteiger partial charge < -0.3 is 0 Å². The Hall–Kier alpha value is -0.720. The lowest BCUT2D eigenvalue weighted by atomic mass is 10.1. The normalized spacial score (nSPS) is 15.3. The van der Waals surface area contributed by atoms with Gasteiger partial charge in [0.25, 0.3) is 10.0 Å². The average Bonchev–Trinajstić information content (AvgIpc) is 2.26. The van der Waals surface area contributed by atoms with Crippen LogP contribution < -0.4 is 4.72 Å². The molecule has 0 saturated heterocycles. The van der Waals surface area contributed by atoms with Crippen LogP contribution in [0.5, 0.6) is 0 Å². The Morgan fingerprint density at radius 1 is 0.857 bits per heavy atom. The third-order valence-corrected chi connectivity index (χ3v) is 3.79. The van der Waals surface area contributed by atoms with Crippen LogP contribution in [0.25, 0.3) is 0 Å². The van der Waals surface area contributed by atoms with Gasteiger partial charge in [-0.25, -0.2) is 13.1 Å². The third kappa shape index (κ3) is 3.38. The van der Waals surface area contributed by atoms with Crippen molar-refractivity contribution in [2.24, 2.45) is 0 Å². The second-order valence-electron chi connectivity index (χ2n) is 3.91. The van der Waals surface area contributed by atoms with Crippen molar-refractivity contribution >= 4 is 10.0 Å². The van der Waals surface area contributed by atoms with E-state index in [1.54, 1.807) is 0 Å². The van der Waals surface area contributed by atoms with Gasteiger partial charge in [-0.05, 0) is 6.42 Å². The maximum Gasteiger partial charge on any atom is 0.460 e. The molecular formula is C8H10F9NO2S. The molecule has 0 aromatic rings. The van der Waals surface area contributed by atoms with E-state index in [4.69, 9.17) is 0 Å². The molecule has 0 bridgehead atoms. The summed E-state index contributed by atoms with van der Waals surface area (Å²) in [5, 5.41) is -6.66. The molecule has 0 atom stereocenters. The van der Waals surface area contributed by atoms with Gasteiger partial charge in [0.1, 0.15) is 0 Å². The molecule has 0 aliphatic carbocycles. The summed E-state index contributed by atoms with van der Waals surface area (Å²) in [6.45, 7) is 0.640. The van der Waals surface area contributed by atoms with Gasteiger partial charge >= 0.3 is 23.3 Å². The van der Waals surface area contributed by atoms with Crippen molar-refractivity contribution in [1.82, 2.24) is 4.72 Å². The predicted octanol–water partition coefficient (Wildman–Crippen LogP) is 3.13. The summed E-state index contributed by atoms with van der Waals surface area (Å²) in [6.07, 6.45) is -6.95. The molecule has 3 nitrogen and oxygen atoms in total. The summed E-state index contributed by atoms with van der Waals surface area (Å²) in [7, 11) is -6.45. The second-order valence-corrected chi connectivity index (χ2v) is 5.72. The Morgan fingerprint density at radius 3 is 1.62 bits per heavy atom. The van der Waals surface area contributed by atoms with E-state index in [2.05, 4.69) is 0 Å². The molecule has 0 rings (SSSR count). The van der Waals surface area contributed by atoms with Gasteiger partial charge in [0.15, 0.2) is 0 Å². The third-order valence-electron chi connectivity index (χ3n) is 2.28. The summed E-state index contributed by atoms with van der Waals surface area (Å²) in [4.78, 5) is 0. The Labute approximate surface area is 113 Å². The highest BCUT2D eigenvalue weighted by atomic mass is 32.2. The quantitative estimate of drug-likeness (QED) is 0.563. The Morgan fingerprint density at radius 2 is 1.29 bits per heavy atom. The molecule has 0 aromatic heterocycles. The fourth-order valence-corrected chi connectivity index (χ4v) is 2.06. The number of unbranched alkanes of at least 4 members (excludes halogenated alkanes) is 1. The van der Waals surface area contributed by atoms with Crippen molar-refractivity contribution in [3.63, 3.8) is 0 Å². The van der Waals surface area contributed by atoms with Crippen molar-refractivity contribution in [2.45, 2.75) is 43.0 Å². The van der Waals surface area contributed by atoms with Crippen LogP contribution >= 0.6 is 0 Å². The van der Waals surface area contributed by atoms with Crippen LogP contribution in [0.4, 0.5) is 39.5 Å². The summed E-state index contributed by atoms with van der Waals surface area (Å²) in [5.41, 5.74) is 0. The smallest absolute Gasteiger partial charge is 0.210 e. The van der Waals surface area contributed by atoms with Crippen LogP contribution in [-0.2, 0) is 10.0 Å². The van der Waals surface area contributed by atoms with Crippen LogP contribution in [0.15, 0.2) is 0 Å². The summed E-state index contributed by atoms with van der Waals surface area (Å²) in [6, 6.07) is 0. The molecule has 21 heavy (non-hydrogen) atoms. The van der Waals surface area contributed by atoms with E-state index >= 15 is 0 Å². The minimum Gasteiger partial charge on any atom is -0.210 e. The van der Waals surface area contributed by atoms with Gasteiger partial charge in [0.2, 0.25) is 0 Å². The zero-order valence-corrected chi connectivity index (χ0v) is 11.1. The van der Waals surface area contributed by atoms with Crippen LogP contribution in [0, 0.1) is 0 Å². The molecule has 0 aliphatic rings. The number of rotatable bonds is 7. The first-order valence-electron chi connectivity index (χ1n) is 5.25. The largest absolute Gasteiger partial charge is 0.460 e. The van der Waals surface area contributed by atoms with Crippen molar-refractivity contribution in [2.75, 3.05) is 6.54 Å². The molecule has 0 aliphatic heterocycles. The number of sulfonamides is 1. The topological polar surface area (TPSA) is 46.2 Å². The number of hydrogen-bond acceptors (Lipinski definition) is 2. The maximum absolute atomic E-state index is 13.1. The zero-order valence-electron chi connectivity index (χ0n) is 10.2. The number of nitrogens with one attached hydrogen (secondary N) is 1. The lowest BCUT2D eigenvalue weighted by Crippen LogP contribution is -2.64. The van der Waals surface area contributed by atoms with Crippen molar-refractivity contribution < 1.29 is 47.9 Å². The van der Waals surface area contributed by atoms with Crippen LogP contribution in [0.1, 0.15) is 19.8 Å². The highest BCUT2D eigenvalue weighted by Gasteiger charge is 2.85. The van der Waals surface area contributed by atoms with Gasteiger partial charge in [-0.1, -0.05) is 13.3 Å². The number of hydrogen-bond donors (Lipinski definition) is 1. The molecule has 0 radical (unpaired) electrons. The molecule has 0 aromatic carbocycles. The summed E-state index contributed by atoms with van der Waals surface area (Å²) in [5.74, 6) is -14.4. The fraction of sp³-hybridized carbons (Fsp3) is 1.00. The van der Waals surface area contributed by atoms with Crippen molar-refractivity contribution in [3.8, 4) is 0 Å². The zero-order chi connectivity index (χ0) is 17.3. The first-order valence-corrected chi connectivity index (χ1v) is 6.74. The monoisotopic (exact) mass is 355 g/mol. The van der Waals surface area contributed by atoms with Gasteiger partial charge in [-0.3, -0.25) is 0 Å². The highest BCUT2D eigenvalue weighted by Crippen LogP contribution is 2.54. The van der Waals surface area contributed by atoms with E-state index in [0.717, 1.165) is 4.72 Å². The molecule has 0 saturated carbocycles. The minimum absolute atomic E-state index is 0.115. The molecule has 0 heterocycles. The van der Waals surface area contributed by atoms with E-state index in [9.17, 15) is 47.9 Å². The molecular weight excluding hydrogens is 345 g/mol. The van der Waals surface area contributed by atoms with Crippen LogP contribution in [0.3, 0.4) is 0 Å². The Kier molecular flexibility index (Phi) is 5.62. The first-order chi connectivity index (χ1) is 9.06. The first kappa shape index (κ1) is 20.3. The van der Waals surface area contributed by atoms with E-state index in [0.29, 0.717) is 0 Å². The van der Waals surface area contributed by atoms with Crippen molar-refractivity contribution in [3.05, 3.63) is 0 Å². The molecule has 1 N–H and O–H groups in total. The predicted molar refractivity (Wildman–Crippen MR) is 52.7 cm³/mol. The molecule has 128 valence electrons. The standard InChI is InChI=1S/C8H10F9NO2S/c1-2-3-4-18-21(19,20)8(16,17)6(11,12)5(9,10)7(13,14)15/h18H,2-4H2,1H3. The van der Waals surface area contributed by atoms with Gasteiger partial charge in [-0.15, -0.1) is 0 Å². The Balaban J connectivity index is 5.67. The van der Waals surface area contributed by atoms with E-state index in [1.165, 1.54) is 6.92 Å². The average molecular weight is 355 g/mol.